The van der Waals surface area contributed by atoms with Crippen molar-refractivity contribution in [3.63, 3.8) is 0 Å². The average Bonchev–Trinajstić information content (AvgIpc) is 3.76. The van der Waals surface area contributed by atoms with Crippen LogP contribution in [0.5, 0.6) is 0 Å². The zero-order valence-electron chi connectivity index (χ0n) is 24.9. The second kappa shape index (κ2) is 9.82. The van der Waals surface area contributed by atoms with Gasteiger partial charge in [0.15, 0.2) is 0 Å². The molecule has 0 aliphatic heterocycles. The molecular formula is C43H26N2O. The number of nitriles is 1. The Hall–Kier alpha value is -6.37. The van der Waals surface area contributed by atoms with E-state index in [4.69, 9.17) is 4.42 Å². The fourth-order valence-corrected chi connectivity index (χ4v) is 7.23. The molecule has 9 aromatic rings. The highest BCUT2D eigenvalue weighted by atomic mass is 16.3. The Balaban J connectivity index is 1.28. The molecule has 3 heteroatoms. The molecule has 0 radical (unpaired) electrons. The quantitative estimate of drug-likeness (QED) is 0.188. The maximum atomic E-state index is 9.81. The predicted molar refractivity (Wildman–Crippen MR) is 192 cm³/mol. The van der Waals surface area contributed by atoms with Crippen molar-refractivity contribution in [2.45, 2.75) is 0 Å². The number of fused-ring (bicyclic) bond motifs is 10. The standard InChI is InChI=1S/C43H26N2O/c1-3-10-27(4-2)31-19-26(25-44)20-32(22-31)29-12-9-11-28(21-29)30-17-18-39-35(23-30)36-24-37-33-13-6-8-16-40(33)46-43(37)41-34-14-5-7-15-38(34)45(39)42(36)41/h3-24H,1-2H2/b27-10+. The Morgan fingerprint density at radius 3 is 2.24 bits per heavy atom. The summed E-state index contributed by atoms with van der Waals surface area (Å²) in [7, 11) is 0. The SMILES string of the molecule is C=C/C=C(\C=C)c1cc(C#N)cc(-c2cccc(-c3ccc4c(c3)c3cc5c6ccccc6oc5c5c6ccccc6n4c35)c2)c1. The van der Waals surface area contributed by atoms with E-state index < -0.39 is 0 Å². The second-order valence-electron chi connectivity index (χ2n) is 11.8. The van der Waals surface area contributed by atoms with Crippen molar-refractivity contribution in [3.05, 3.63) is 158 Å². The van der Waals surface area contributed by atoms with Crippen molar-refractivity contribution >= 4 is 65.6 Å². The number of aromatic nitrogens is 1. The van der Waals surface area contributed by atoms with Gasteiger partial charge in [-0.05, 0) is 88.0 Å². The number of hydrogen-bond acceptors (Lipinski definition) is 2. The third-order valence-electron chi connectivity index (χ3n) is 9.25. The Morgan fingerprint density at radius 1 is 0.652 bits per heavy atom. The third-order valence-corrected chi connectivity index (χ3v) is 9.25. The van der Waals surface area contributed by atoms with E-state index in [9.17, 15) is 5.26 Å². The van der Waals surface area contributed by atoms with Crippen LogP contribution in [0.1, 0.15) is 11.1 Å². The highest BCUT2D eigenvalue weighted by Gasteiger charge is 2.23. The first-order chi connectivity index (χ1) is 22.7. The number of furan rings is 1. The molecule has 0 bridgehead atoms. The van der Waals surface area contributed by atoms with Crippen LogP contribution in [0.2, 0.25) is 0 Å². The fourth-order valence-electron chi connectivity index (χ4n) is 7.23. The smallest absolute Gasteiger partial charge is 0.145 e. The summed E-state index contributed by atoms with van der Waals surface area (Å²) in [4.78, 5) is 0. The summed E-state index contributed by atoms with van der Waals surface area (Å²) in [6.45, 7) is 7.79. The maximum absolute atomic E-state index is 9.81. The molecule has 0 aliphatic carbocycles. The first kappa shape index (κ1) is 26.1. The minimum absolute atomic E-state index is 0.604. The summed E-state index contributed by atoms with van der Waals surface area (Å²) in [6.07, 6.45) is 5.45. The molecule has 0 fully saturated rings. The van der Waals surface area contributed by atoms with Gasteiger partial charge >= 0.3 is 0 Å². The molecule has 0 N–H and O–H groups in total. The lowest BCUT2D eigenvalue weighted by Crippen LogP contribution is -1.88. The number of para-hydroxylation sites is 2. The summed E-state index contributed by atoms with van der Waals surface area (Å²) in [5, 5.41) is 16.9. The van der Waals surface area contributed by atoms with Crippen molar-refractivity contribution in [2.24, 2.45) is 0 Å². The molecule has 0 amide bonds. The summed E-state index contributed by atoms with van der Waals surface area (Å²) < 4.78 is 8.92. The summed E-state index contributed by atoms with van der Waals surface area (Å²) in [6, 6.07) is 42.8. The number of rotatable bonds is 5. The van der Waals surface area contributed by atoms with Crippen molar-refractivity contribution in [1.29, 1.82) is 5.26 Å². The summed E-state index contributed by atoms with van der Waals surface area (Å²) in [5.41, 5.74) is 12.1. The Morgan fingerprint density at radius 2 is 1.41 bits per heavy atom. The molecule has 0 saturated carbocycles. The van der Waals surface area contributed by atoms with Crippen LogP contribution in [0.3, 0.4) is 0 Å². The number of hydrogen-bond donors (Lipinski definition) is 0. The molecule has 46 heavy (non-hydrogen) atoms. The summed E-state index contributed by atoms with van der Waals surface area (Å²) >= 11 is 0. The van der Waals surface area contributed by atoms with Gasteiger partial charge in [-0.1, -0.05) is 92.0 Å². The normalized spacial score (nSPS) is 12.2. The van der Waals surface area contributed by atoms with Crippen LogP contribution in [0, 0.1) is 11.3 Å². The van der Waals surface area contributed by atoms with Crippen LogP contribution in [0.25, 0.3) is 87.9 Å². The van der Waals surface area contributed by atoms with Gasteiger partial charge < -0.3 is 8.82 Å². The van der Waals surface area contributed by atoms with E-state index in [1.165, 1.54) is 32.7 Å². The lowest BCUT2D eigenvalue weighted by Gasteiger charge is -2.10. The van der Waals surface area contributed by atoms with Gasteiger partial charge in [-0.2, -0.15) is 5.26 Å². The van der Waals surface area contributed by atoms with E-state index >= 15 is 0 Å². The van der Waals surface area contributed by atoms with Crippen molar-refractivity contribution in [2.75, 3.05) is 0 Å². The molecule has 3 nitrogen and oxygen atoms in total. The third kappa shape index (κ3) is 3.65. The molecule has 0 atom stereocenters. The van der Waals surface area contributed by atoms with Gasteiger partial charge in [0, 0.05) is 26.9 Å². The highest BCUT2D eigenvalue weighted by molar-refractivity contribution is 6.32. The van der Waals surface area contributed by atoms with Gasteiger partial charge in [0.25, 0.3) is 0 Å². The molecule has 9 rings (SSSR count). The number of benzene rings is 6. The Kier molecular flexibility index (Phi) is 5.57. The molecule has 214 valence electrons. The zero-order valence-corrected chi connectivity index (χ0v) is 24.9. The number of nitrogens with zero attached hydrogens (tertiary/aromatic N) is 2. The van der Waals surface area contributed by atoms with Crippen molar-refractivity contribution < 1.29 is 4.42 Å². The predicted octanol–water partition coefficient (Wildman–Crippen LogP) is 11.7. The van der Waals surface area contributed by atoms with Crippen LogP contribution < -0.4 is 0 Å². The zero-order chi connectivity index (χ0) is 30.9. The topological polar surface area (TPSA) is 41.3 Å². The van der Waals surface area contributed by atoms with E-state index in [0.717, 1.165) is 60.7 Å². The molecule has 3 aromatic heterocycles. The Labute approximate surface area is 265 Å². The molecule has 0 saturated heterocycles. The van der Waals surface area contributed by atoms with E-state index in [1.54, 1.807) is 12.2 Å². The van der Waals surface area contributed by atoms with Gasteiger partial charge in [-0.25, -0.2) is 0 Å². The molecule has 3 heterocycles. The first-order valence-electron chi connectivity index (χ1n) is 15.3. The minimum atomic E-state index is 0.604. The van der Waals surface area contributed by atoms with Gasteiger partial charge in [0.05, 0.1) is 33.6 Å². The maximum Gasteiger partial charge on any atom is 0.145 e. The van der Waals surface area contributed by atoms with Gasteiger partial charge in [0.2, 0.25) is 0 Å². The van der Waals surface area contributed by atoms with Gasteiger partial charge in [0.1, 0.15) is 11.2 Å². The average molecular weight is 587 g/mol. The Bertz CT molecular complexity index is 2800. The van der Waals surface area contributed by atoms with Crippen molar-refractivity contribution in [1.82, 2.24) is 4.40 Å². The monoisotopic (exact) mass is 586 g/mol. The van der Waals surface area contributed by atoms with Crippen LogP contribution in [-0.4, -0.2) is 4.40 Å². The van der Waals surface area contributed by atoms with Crippen LogP contribution in [-0.2, 0) is 0 Å². The van der Waals surface area contributed by atoms with Gasteiger partial charge in [-0.15, -0.1) is 0 Å². The van der Waals surface area contributed by atoms with Gasteiger partial charge in [-0.3, -0.25) is 0 Å². The molecule has 0 spiro atoms. The highest BCUT2D eigenvalue weighted by Crippen LogP contribution is 2.46. The summed E-state index contributed by atoms with van der Waals surface area (Å²) in [5.74, 6) is 0. The number of allylic oxidation sites excluding steroid dienone is 4. The second-order valence-corrected chi connectivity index (χ2v) is 11.8. The lowest BCUT2D eigenvalue weighted by atomic mass is 9.94. The lowest BCUT2D eigenvalue weighted by molar-refractivity contribution is 0.673. The van der Waals surface area contributed by atoms with Crippen LogP contribution >= 0.6 is 0 Å². The largest absolute Gasteiger partial charge is 0.455 e. The molecule has 0 aliphatic rings. The van der Waals surface area contributed by atoms with Crippen LogP contribution in [0.15, 0.2) is 151 Å². The van der Waals surface area contributed by atoms with E-state index in [-0.39, 0.29) is 0 Å². The fraction of sp³-hybridized carbons (Fsp3) is 0. The molecule has 0 unspecified atom stereocenters. The van der Waals surface area contributed by atoms with Crippen LogP contribution in [0.4, 0.5) is 0 Å². The minimum Gasteiger partial charge on any atom is -0.455 e. The molecular weight excluding hydrogens is 560 g/mol. The van der Waals surface area contributed by atoms with E-state index in [0.29, 0.717) is 5.56 Å². The first-order valence-corrected chi connectivity index (χ1v) is 15.3. The molecule has 6 aromatic carbocycles. The van der Waals surface area contributed by atoms with Crippen molar-refractivity contribution in [3.8, 4) is 28.3 Å². The van der Waals surface area contributed by atoms with E-state index in [1.807, 2.05) is 30.3 Å². The van der Waals surface area contributed by atoms with E-state index in [2.05, 4.69) is 115 Å².